The van der Waals surface area contributed by atoms with Crippen LogP contribution < -0.4 is 5.32 Å². The van der Waals surface area contributed by atoms with Crippen LogP contribution in [0.15, 0.2) is 40.8 Å². The number of hydrogen-bond acceptors (Lipinski definition) is 3. The molecule has 3 aromatic rings. The predicted octanol–water partition coefficient (Wildman–Crippen LogP) is 4.81. The van der Waals surface area contributed by atoms with Crippen molar-refractivity contribution in [1.82, 2.24) is 4.98 Å². The smallest absolute Gasteiger partial charge is 0.228 e. The fraction of sp³-hybridized carbons (Fsp3) is 0.222. The van der Waals surface area contributed by atoms with E-state index < -0.39 is 0 Å². The standard InChI is InChI=1S/C18H15ClN2O2/c1-10-2-7-16-15(8-10)21-18(23-16)13-9-12(5-6-14(13)19)20-17(22)11-3-4-11/h2,5-9,11H,3-4H2,1H3,(H,20,22). The molecule has 1 heterocycles. The number of nitrogens with one attached hydrogen (secondary N) is 1. The van der Waals surface area contributed by atoms with E-state index in [9.17, 15) is 4.79 Å². The number of aryl methyl sites for hydroxylation is 1. The van der Waals surface area contributed by atoms with Crippen LogP contribution in [0.2, 0.25) is 5.02 Å². The largest absolute Gasteiger partial charge is 0.436 e. The Morgan fingerprint density at radius 1 is 1.26 bits per heavy atom. The minimum atomic E-state index is 0.0615. The molecule has 0 atom stereocenters. The Labute approximate surface area is 138 Å². The molecule has 5 heteroatoms. The molecule has 0 unspecified atom stereocenters. The number of carbonyl (C=O) groups excluding carboxylic acids is 1. The SMILES string of the molecule is Cc1ccc2oc(-c3cc(NC(=O)C4CC4)ccc3Cl)nc2c1. The van der Waals surface area contributed by atoms with Gasteiger partial charge in [0.25, 0.3) is 0 Å². The molecule has 1 aliphatic rings. The minimum absolute atomic E-state index is 0.0615. The van der Waals surface area contributed by atoms with Crippen LogP contribution in [0.4, 0.5) is 5.69 Å². The maximum absolute atomic E-state index is 11.9. The highest BCUT2D eigenvalue weighted by molar-refractivity contribution is 6.33. The third-order valence-electron chi connectivity index (χ3n) is 3.96. The molecule has 1 aliphatic carbocycles. The van der Waals surface area contributed by atoms with Gasteiger partial charge in [0.05, 0.1) is 10.6 Å². The van der Waals surface area contributed by atoms with Gasteiger partial charge in [-0.1, -0.05) is 17.7 Å². The molecule has 1 amide bonds. The zero-order valence-electron chi connectivity index (χ0n) is 12.6. The lowest BCUT2D eigenvalue weighted by atomic mass is 10.2. The average Bonchev–Trinajstić information content (AvgIpc) is 3.29. The monoisotopic (exact) mass is 326 g/mol. The summed E-state index contributed by atoms with van der Waals surface area (Å²) in [5, 5.41) is 3.46. The third-order valence-corrected chi connectivity index (χ3v) is 4.29. The number of benzene rings is 2. The zero-order valence-corrected chi connectivity index (χ0v) is 13.4. The van der Waals surface area contributed by atoms with E-state index in [4.69, 9.17) is 16.0 Å². The number of nitrogens with zero attached hydrogens (tertiary/aromatic N) is 1. The highest BCUT2D eigenvalue weighted by Gasteiger charge is 2.29. The van der Waals surface area contributed by atoms with Crippen molar-refractivity contribution in [2.45, 2.75) is 19.8 Å². The first-order valence-electron chi connectivity index (χ1n) is 7.58. The molecular weight excluding hydrogens is 312 g/mol. The van der Waals surface area contributed by atoms with Crippen LogP contribution in [0.5, 0.6) is 0 Å². The molecule has 23 heavy (non-hydrogen) atoms. The predicted molar refractivity (Wildman–Crippen MR) is 90.5 cm³/mol. The number of amides is 1. The van der Waals surface area contributed by atoms with E-state index in [0.717, 1.165) is 23.9 Å². The Hall–Kier alpha value is -2.33. The summed E-state index contributed by atoms with van der Waals surface area (Å²) in [5.41, 5.74) is 4.01. The van der Waals surface area contributed by atoms with Gasteiger partial charge in [-0.3, -0.25) is 4.79 Å². The normalized spacial score (nSPS) is 14.2. The number of anilines is 1. The van der Waals surface area contributed by atoms with Crippen molar-refractivity contribution in [3.63, 3.8) is 0 Å². The Kier molecular flexibility index (Phi) is 3.34. The summed E-state index contributed by atoms with van der Waals surface area (Å²) in [5.74, 6) is 0.672. The van der Waals surface area contributed by atoms with E-state index >= 15 is 0 Å². The fourth-order valence-electron chi connectivity index (χ4n) is 2.51. The lowest BCUT2D eigenvalue weighted by molar-refractivity contribution is -0.117. The molecule has 0 radical (unpaired) electrons. The van der Waals surface area contributed by atoms with Crippen molar-refractivity contribution < 1.29 is 9.21 Å². The number of hydrogen-bond donors (Lipinski definition) is 1. The van der Waals surface area contributed by atoms with Crippen molar-refractivity contribution in [2.24, 2.45) is 5.92 Å². The second-order valence-electron chi connectivity index (χ2n) is 5.95. The van der Waals surface area contributed by atoms with Gasteiger partial charge < -0.3 is 9.73 Å². The maximum atomic E-state index is 11.9. The van der Waals surface area contributed by atoms with E-state index in [0.29, 0.717) is 27.7 Å². The molecule has 1 saturated carbocycles. The van der Waals surface area contributed by atoms with Crippen LogP contribution in [0.25, 0.3) is 22.6 Å². The summed E-state index contributed by atoms with van der Waals surface area (Å²) >= 11 is 6.29. The Morgan fingerprint density at radius 3 is 2.87 bits per heavy atom. The van der Waals surface area contributed by atoms with Gasteiger partial charge in [0.2, 0.25) is 11.8 Å². The first-order valence-corrected chi connectivity index (χ1v) is 7.96. The average molecular weight is 327 g/mol. The van der Waals surface area contributed by atoms with Gasteiger partial charge in [-0.15, -0.1) is 0 Å². The fourth-order valence-corrected chi connectivity index (χ4v) is 2.71. The van der Waals surface area contributed by atoms with Crippen molar-refractivity contribution >= 4 is 34.3 Å². The summed E-state index contributed by atoms with van der Waals surface area (Å²) in [6.45, 7) is 2.01. The van der Waals surface area contributed by atoms with Crippen molar-refractivity contribution in [1.29, 1.82) is 0 Å². The Balaban J connectivity index is 1.72. The molecule has 0 bridgehead atoms. The minimum Gasteiger partial charge on any atom is -0.436 e. The molecule has 0 aliphatic heterocycles. The second-order valence-corrected chi connectivity index (χ2v) is 6.36. The third kappa shape index (κ3) is 2.82. The summed E-state index contributed by atoms with van der Waals surface area (Å²) in [6.07, 6.45) is 1.94. The Morgan fingerprint density at radius 2 is 2.09 bits per heavy atom. The van der Waals surface area contributed by atoms with Crippen molar-refractivity contribution in [2.75, 3.05) is 5.32 Å². The molecule has 1 fully saturated rings. The first kappa shape index (κ1) is 14.3. The van der Waals surface area contributed by atoms with Crippen LogP contribution in [-0.2, 0) is 4.79 Å². The van der Waals surface area contributed by atoms with E-state index in [1.165, 1.54) is 0 Å². The van der Waals surface area contributed by atoms with E-state index in [1.54, 1.807) is 18.2 Å². The van der Waals surface area contributed by atoms with Crippen molar-refractivity contribution in [3.8, 4) is 11.5 Å². The van der Waals surface area contributed by atoms with Gasteiger partial charge in [-0.05, 0) is 55.7 Å². The van der Waals surface area contributed by atoms with Gasteiger partial charge in [-0.2, -0.15) is 0 Å². The number of rotatable bonds is 3. The van der Waals surface area contributed by atoms with Gasteiger partial charge in [0.1, 0.15) is 5.52 Å². The number of aromatic nitrogens is 1. The van der Waals surface area contributed by atoms with Crippen molar-refractivity contribution in [3.05, 3.63) is 47.0 Å². The van der Waals surface area contributed by atoms with Crippen LogP contribution in [-0.4, -0.2) is 10.9 Å². The second kappa shape index (κ2) is 5.39. The van der Waals surface area contributed by atoms with Gasteiger partial charge in [0, 0.05) is 11.6 Å². The number of halogens is 1. The molecule has 4 nitrogen and oxygen atoms in total. The molecule has 1 N–H and O–H groups in total. The molecule has 0 saturated heterocycles. The van der Waals surface area contributed by atoms with Gasteiger partial charge in [-0.25, -0.2) is 4.98 Å². The van der Waals surface area contributed by atoms with Crippen LogP contribution in [0.1, 0.15) is 18.4 Å². The topological polar surface area (TPSA) is 55.1 Å². The zero-order chi connectivity index (χ0) is 16.0. The molecule has 2 aromatic carbocycles. The quantitative estimate of drug-likeness (QED) is 0.751. The van der Waals surface area contributed by atoms with E-state index in [-0.39, 0.29) is 11.8 Å². The van der Waals surface area contributed by atoms with E-state index in [2.05, 4.69) is 10.3 Å². The van der Waals surface area contributed by atoms with Crippen LogP contribution in [0, 0.1) is 12.8 Å². The molecular formula is C18H15ClN2O2. The summed E-state index contributed by atoms with van der Waals surface area (Å²) < 4.78 is 5.80. The van der Waals surface area contributed by atoms with Crippen LogP contribution >= 0.6 is 11.6 Å². The molecule has 4 rings (SSSR count). The first-order chi connectivity index (χ1) is 11.1. The maximum Gasteiger partial charge on any atom is 0.228 e. The highest BCUT2D eigenvalue weighted by Crippen LogP contribution is 2.34. The molecule has 116 valence electrons. The van der Waals surface area contributed by atoms with E-state index in [1.807, 2.05) is 25.1 Å². The van der Waals surface area contributed by atoms with Gasteiger partial charge in [0.15, 0.2) is 5.58 Å². The highest BCUT2D eigenvalue weighted by atomic mass is 35.5. The summed E-state index contributed by atoms with van der Waals surface area (Å²) in [6, 6.07) is 11.2. The lowest BCUT2D eigenvalue weighted by Gasteiger charge is -2.06. The summed E-state index contributed by atoms with van der Waals surface area (Å²) in [7, 11) is 0. The summed E-state index contributed by atoms with van der Waals surface area (Å²) in [4.78, 5) is 16.4. The van der Waals surface area contributed by atoms with Gasteiger partial charge >= 0.3 is 0 Å². The Bertz CT molecular complexity index is 913. The number of fused-ring (bicyclic) bond motifs is 1. The molecule has 0 spiro atoms. The lowest BCUT2D eigenvalue weighted by Crippen LogP contribution is -2.13. The molecule has 1 aromatic heterocycles. The van der Waals surface area contributed by atoms with Crippen LogP contribution in [0.3, 0.4) is 0 Å². The number of carbonyl (C=O) groups is 1. The number of oxazole rings is 1.